The fourth-order valence-corrected chi connectivity index (χ4v) is 3.30. The van der Waals surface area contributed by atoms with Crippen LogP contribution in [0, 0.1) is 0 Å². The predicted molar refractivity (Wildman–Crippen MR) is 109 cm³/mol. The normalized spacial score (nSPS) is 11.2. The minimum absolute atomic E-state index is 0.195. The molecule has 0 saturated carbocycles. The lowest BCUT2D eigenvalue weighted by molar-refractivity contribution is 0.472. The number of aromatic nitrogens is 4. The molecule has 136 valence electrons. The van der Waals surface area contributed by atoms with Crippen molar-refractivity contribution < 1.29 is 4.74 Å². The Hall–Kier alpha value is -3.93. The first-order chi connectivity index (χ1) is 13.7. The summed E-state index contributed by atoms with van der Waals surface area (Å²) in [7, 11) is 1.71. The highest BCUT2D eigenvalue weighted by Gasteiger charge is 2.15. The van der Waals surface area contributed by atoms with Crippen LogP contribution in [-0.4, -0.2) is 19.5 Å². The zero-order chi connectivity index (χ0) is 19.1. The summed E-state index contributed by atoms with van der Waals surface area (Å²) in [5.74, 6) is 0.908. The van der Waals surface area contributed by atoms with Gasteiger partial charge in [-0.25, -0.2) is 4.98 Å². The number of benzene rings is 2. The highest BCUT2D eigenvalue weighted by Crippen LogP contribution is 2.33. The molecule has 1 N–H and O–H groups in total. The third-order valence-electron chi connectivity index (χ3n) is 4.76. The Morgan fingerprint density at radius 3 is 2.71 bits per heavy atom. The van der Waals surface area contributed by atoms with Gasteiger partial charge in [-0.15, -0.1) is 0 Å². The van der Waals surface area contributed by atoms with Gasteiger partial charge in [-0.05, 0) is 35.9 Å². The van der Waals surface area contributed by atoms with Gasteiger partial charge >= 0.3 is 0 Å². The Morgan fingerprint density at radius 1 is 1.00 bits per heavy atom. The van der Waals surface area contributed by atoms with E-state index in [0.29, 0.717) is 11.5 Å². The van der Waals surface area contributed by atoms with E-state index in [1.54, 1.807) is 25.8 Å². The SMILES string of the molecule is Cn1ccc(-c2ccc3ncc4nc[nH]c4c3c2)c(Oc2ccccc2)c1=O. The summed E-state index contributed by atoms with van der Waals surface area (Å²) in [6, 6.07) is 17.1. The number of hydrogen-bond donors (Lipinski definition) is 1. The monoisotopic (exact) mass is 368 g/mol. The Labute approximate surface area is 160 Å². The number of aromatic amines is 1. The zero-order valence-corrected chi connectivity index (χ0v) is 15.1. The molecule has 2 aromatic carbocycles. The Bertz CT molecular complexity index is 1370. The fourth-order valence-electron chi connectivity index (χ4n) is 3.30. The summed E-state index contributed by atoms with van der Waals surface area (Å²) in [5.41, 5.74) is 3.98. The molecule has 0 aliphatic heterocycles. The number of H-pyrrole nitrogens is 1. The maximum Gasteiger partial charge on any atom is 0.293 e. The summed E-state index contributed by atoms with van der Waals surface area (Å²) in [5, 5.41) is 0.943. The standard InChI is InChI=1S/C22H16N4O2/c1-26-10-9-16(21(22(26)27)28-15-5-3-2-4-6-15)14-7-8-18-17(11-14)20-19(12-23-18)24-13-25-20/h2-13H,1H3,(H,24,25). The van der Waals surface area contributed by atoms with Crippen molar-refractivity contribution in [2.45, 2.75) is 0 Å². The maximum absolute atomic E-state index is 12.8. The molecule has 0 aliphatic carbocycles. The van der Waals surface area contributed by atoms with E-state index in [0.717, 1.165) is 33.1 Å². The van der Waals surface area contributed by atoms with Crippen LogP contribution in [0.3, 0.4) is 0 Å². The van der Waals surface area contributed by atoms with Crippen LogP contribution < -0.4 is 10.3 Å². The second-order valence-electron chi connectivity index (χ2n) is 6.54. The first-order valence-corrected chi connectivity index (χ1v) is 8.85. The summed E-state index contributed by atoms with van der Waals surface area (Å²) in [6.07, 6.45) is 5.14. The van der Waals surface area contributed by atoms with Crippen molar-refractivity contribution in [1.29, 1.82) is 0 Å². The molecule has 0 saturated heterocycles. The zero-order valence-electron chi connectivity index (χ0n) is 15.1. The highest BCUT2D eigenvalue weighted by atomic mass is 16.5. The molecular weight excluding hydrogens is 352 g/mol. The summed E-state index contributed by atoms with van der Waals surface area (Å²) >= 11 is 0. The van der Waals surface area contributed by atoms with Crippen LogP contribution in [0.2, 0.25) is 0 Å². The van der Waals surface area contributed by atoms with Crippen molar-refractivity contribution in [3.05, 3.63) is 83.7 Å². The van der Waals surface area contributed by atoms with Gasteiger partial charge in [0.25, 0.3) is 5.56 Å². The number of aryl methyl sites for hydroxylation is 1. The van der Waals surface area contributed by atoms with Crippen molar-refractivity contribution in [3.8, 4) is 22.6 Å². The van der Waals surface area contributed by atoms with Crippen LogP contribution in [-0.2, 0) is 7.05 Å². The third-order valence-corrected chi connectivity index (χ3v) is 4.76. The molecule has 3 aromatic heterocycles. The van der Waals surface area contributed by atoms with Crippen molar-refractivity contribution in [2.75, 3.05) is 0 Å². The molecule has 28 heavy (non-hydrogen) atoms. The second-order valence-corrected chi connectivity index (χ2v) is 6.54. The van der Waals surface area contributed by atoms with Crippen molar-refractivity contribution in [1.82, 2.24) is 19.5 Å². The number of ether oxygens (including phenoxy) is 1. The first kappa shape index (κ1) is 16.3. The Kier molecular flexibility index (Phi) is 3.69. The van der Waals surface area contributed by atoms with Gasteiger partial charge in [0.2, 0.25) is 0 Å². The minimum Gasteiger partial charge on any atom is -0.451 e. The van der Waals surface area contributed by atoms with Gasteiger partial charge in [-0.3, -0.25) is 9.78 Å². The summed E-state index contributed by atoms with van der Waals surface area (Å²) < 4.78 is 7.50. The topological polar surface area (TPSA) is 72.8 Å². The van der Waals surface area contributed by atoms with E-state index < -0.39 is 0 Å². The molecule has 0 spiro atoms. The van der Waals surface area contributed by atoms with Gasteiger partial charge < -0.3 is 14.3 Å². The highest BCUT2D eigenvalue weighted by molar-refractivity contribution is 6.03. The number of hydrogen-bond acceptors (Lipinski definition) is 4. The number of fused-ring (bicyclic) bond motifs is 3. The molecule has 6 nitrogen and oxygen atoms in total. The number of nitrogens with zero attached hydrogens (tertiary/aromatic N) is 3. The molecule has 0 radical (unpaired) electrons. The molecule has 0 unspecified atom stereocenters. The molecule has 0 fully saturated rings. The Balaban J connectivity index is 1.72. The van der Waals surface area contributed by atoms with Gasteiger partial charge in [-0.1, -0.05) is 24.3 Å². The van der Waals surface area contributed by atoms with Crippen LogP contribution in [0.25, 0.3) is 33.1 Å². The van der Waals surface area contributed by atoms with Gasteiger partial charge in [0, 0.05) is 24.2 Å². The first-order valence-electron chi connectivity index (χ1n) is 8.85. The van der Waals surface area contributed by atoms with E-state index in [1.165, 1.54) is 4.57 Å². The van der Waals surface area contributed by atoms with Crippen LogP contribution in [0.5, 0.6) is 11.5 Å². The smallest absolute Gasteiger partial charge is 0.293 e. The van der Waals surface area contributed by atoms with E-state index in [4.69, 9.17) is 4.74 Å². The Morgan fingerprint density at radius 2 is 1.86 bits per heavy atom. The van der Waals surface area contributed by atoms with Crippen molar-refractivity contribution in [3.63, 3.8) is 0 Å². The lowest BCUT2D eigenvalue weighted by atomic mass is 10.0. The second kappa shape index (κ2) is 6.35. The number of nitrogens with one attached hydrogen (secondary N) is 1. The largest absolute Gasteiger partial charge is 0.451 e. The van der Waals surface area contributed by atoms with Crippen LogP contribution in [0.1, 0.15) is 0 Å². The lowest BCUT2D eigenvalue weighted by Crippen LogP contribution is -2.18. The van der Waals surface area contributed by atoms with Crippen LogP contribution in [0.4, 0.5) is 0 Å². The van der Waals surface area contributed by atoms with Crippen molar-refractivity contribution >= 4 is 21.9 Å². The number of imidazole rings is 1. The van der Waals surface area contributed by atoms with Crippen LogP contribution in [0.15, 0.2) is 78.1 Å². The molecule has 6 heteroatoms. The molecule has 0 amide bonds. The van der Waals surface area contributed by atoms with Gasteiger partial charge in [0.15, 0.2) is 5.75 Å². The molecule has 5 aromatic rings. The number of rotatable bonds is 3. The van der Waals surface area contributed by atoms with E-state index in [-0.39, 0.29) is 5.56 Å². The van der Waals surface area contributed by atoms with E-state index in [2.05, 4.69) is 15.0 Å². The fraction of sp³-hybridized carbons (Fsp3) is 0.0455. The van der Waals surface area contributed by atoms with E-state index in [9.17, 15) is 4.79 Å². The third kappa shape index (κ3) is 2.63. The van der Waals surface area contributed by atoms with E-state index >= 15 is 0 Å². The summed E-state index contributed by atoms with van der Waals surface area (Å²) in [4.78, 5) is 24.7. The average molecular weight is 368 g/mol. The number of pyridine rings is 2. The van der Waals surface area contributed by atoms with Crippen LogP contribution >= 0.6 is 0 Å². The van der Waals surface area contributed by atoms with E-state index in [1.807, 2.05) is 54.6 Å². The lowest BCUT2D eigenvalue weighted by Gasteiger charge is -2.13. The predicted octanol–water partition coefficient (Wildman–Crippen LogP) is 4.27. The molecule has 0 bridgehead atoms. The average Bonchev–Trinajstić information content (AvgIpc) is 3.21. The summed E-state index contributed by atoms with van der Waals surface area (Å²) in [6.45, 7) is 0. The van der Waals surface area contributed by atoms with Gasteiger partial charge in [0.1, 0.15) is 11.3 Å². The molecule has 5 rings (SSSR count). The van der Waals surface area contributed by atoms with Gasteiger partial charge in [0.05, 0.1) is 23.6 Å². The number of para-hydroxylation sites is 1. The minimum atomic E-state index is -0.195. The molecule has 0 aliphatic rings. The quantitative estimate of drug-likeness (QED) is 0.516. The maximum atomic E-state index is 12.8. The molecule has 3 heterocycles. The molecular formula is C22H16N4O2. The van der Waals surface area contributed by atoms with Crippen molar-refractivity contribution in [2.24, 2.45) is 7.05 Å². The molecule has 0 atom stereocenters. The van der Waals surface area contributed by atoms with Gasteiger partial charge in [-0.2, -0.15) is 0 Å².